The molecule has 1 N–H and O–H groups in total. The molecule has 166 valence electrons. The molecule has 0 fully saturated rings. The van der Waals surface area contributed by atoms with Crippen molar-refractivity contribution >= 4 is 17.6 Å². The van der Waals surface area contributed by atoms with Gasteiger partial charge in [0.1, 0.15) is 18.1 Å². The summed E-state index contributed by atoms with van der Waals surface area (Å²) < 4.78 is 16.6. The zero-order valence-corrected chi connectivity index (χ0v) is 18.5. The van der Waals surface area contributed by atoms with Gasteiger partial charge < -0.3 is 19.5 Å². The van der Waals surface area contributed by atoms with Crippen molar-refractivity contribution in [2.75, 3.05) is 18.5 Å². The number of esters is 1. The summed E-state index contributed by atoms with van der Waals surface area (Å²) in [5.41, 5.74) is 3.37. The summed E-state index contributed by atoms with van der Waals surface area (Å²) in [4.78, 5) is 24.6. The van der Waals surface area contributed by atoms with Crippen molar-refractivity contribution in [3.05, 3.63) is 89.0 Å². The number of benzene rings is 3. The van der Waals surface area contributed by atoms with Crippen molar-refractivity contribution in [1.82, 2.24) is 0 Å². The molecule has 0 unspecified atom stereocenters. The summed E-state index contributed by atoms with van der Waals surface area (Å²) in [6.07, 6.45) is 0. The maximum atomic E-state index is 12.8. The number of rotatable bonds is 9. The van der Waals surface area contributed by atoms with Gasteiger partial charge >= 0.3 is 5.97 Å². The van der Waals surface area contributed by atoms with Gasteiger partial charge in [-0.2, -0.15) is 0 Å². The normalized spacial score (nSPS) is 10.3. The molecule has 0 heterocycles. The van der Waals surface area contributed by atoms with Crippen LogP contribution in [0.3, 0.4) is 0 Å². The van der Waals surface area contributed by atoms with Gasteiger partial charge in [-0.1, -0.05) is 12.1 Å². The number of amides is 1. The minimum absolute atomic E-state index is 0.270. The van der Waals surface area contributed by atoms with E-state index in [9.17, 15) is 9.59 Å². The molecule has 1 amide bonds. The Balaban J connectivity index is 1.73. The Labute approximate surface area is 188 Å². The van der Waals surface area contributed by atoms with Crippen LogP contribution in [0.5, 0.6) is 11.5 Å². The number of hydrogen-bond acceptors (Lipinski definition) is 5. The van der Waals surface area contributed by atoms with Crippen LogP contribution in [-0.2, 0) is 11.3 Å². The lowest BCUT2D eigenvalue weighted by Crippen LogP contribution is -2.13. The second-order valence-electron chi connectivity index (χ2n) is 7.11. The van der Waals surface area contributed by atoms with Crippen LogP contribution in [0.25, 0.3) is 0 Å². The lowest BCUT2D eigenvalue weighted by atomic mass is 10.1. The number of anilines is 1. The maximum absolute atomic E-state index is 12.8. The Kier molecular flexibility index (Phi) is 7.86. The van der Waals surface area contributed by atoms with Crippen LogP contribution < -0.4 is 14.8 Å². The Hall–Kier alpha value is -3.80. The van der Waals surface area contributed by atoms with Crippen LogP contribution in [0, 0.1) is 6.92 Å². The number of carbonyl (C=O) groups is 2. The van der Waals surface area contributed by atoms with Crippen LogP contribution >= 0.6 is 0 Å². The maximum Gasteiger partial charge on any atom is 0.338 e. The van der Waals surface area contributed by atoms with Crippen molar-refractivity contribution in [3.63, 3.8) is 0 Å². The Morgan fingerprint density at radius 3 is 2.28 bits per heavy atom. The number of carbonyl (C=O) groups excluding carboxylic acids is 2. The van der Waals surface area contributed by atoms with Gasteiger partial charge in [-0.15, -0.1) is 0 Å². The minimum Gasteiger partial charge on any atom is -0.493 e. The lowest BCUT2D eigenvalue weighted by Gasteiger charge is -2.14. The fourth-order valence-electron chi connectivity index (χ4n) is 3.10. The summed E-state index contributed by atoms with van der Waals surface area (Å²) in [5, 5.41) is 2.84. The molecule has 0 aromatic heterocycles. The average molecular weight is 434 g/mol. The van der Waals surface area contributed by atoms with Gasteiger partial charge in [0, 0.05) is 16.8 Å². The fraction of sp³-hybridized carbons (Fsp3) is 0.231. The van der Waals surface area contributed by atoms with Gasteiger partial charge in [0.15, 0.2) is 0 Å². The predicted molar refractivity (Wildman–Crippen MR) is 123 cm³/mol. The van der Waals surface area contributed by atoms with E-state index in [1.165, 1.54) is 0 Å². The largest absolute Gasteiger partial charge is 0.493 e. The first kappa shape index (κ1) is 22.9. The molecule has 0 saturated heterocycles. The third-order valence-electron chi connectivity index (χ3n) is 4.66. The summed E-state index contributed by atoms with van der Waals surface area (Å²) >= 11 is 0. The summed E-state index contributed by atoms with van der Waals surface area (Å²) in [7, 11) is 0. The molecule has 0 saturated carbocycles. The van der Waals surface area contributed by atoms with Gasteiger partial charge in [0.05, 0.1) is 18.8 Å². The van der Waals surface area contributed by atoms with Crippen LogP contribution in [0.4, 0.5) is 5.69 Å². The van der Waals surface area contributed by atoms with Crippen molar-refractivity contribution in [2.45, 2.75) is 27.4 Å². The van der Waals surface area contributed by atoms with E-state index in [4.69, 9.17) is 14.2 Å². The van der Waals surface area contributed by atoms with Crippen molar-refractivity contribution < 1.29 is 23.8 Å². The van der Waals surface area contributed by atoms with Gasteiger partial charge in [-0.3, -0.25) is 4.79 Å². The Bertz CT molecular complexity index is 1080. The molecule has 3 rings (SSSR count). The van der Waals surface area contributed by atoms with Crippen molar-refractivity contribution in [2.24, 2.45) is 0 Å². The quantitative estimate of drug-likeness (QED) is 0.457. The highest BCUT2D eigenvalue weighted by Crippen LogP contribution is 2.24. The van der Waals surface area contributed by atoms with Gasteiger partial charge in [0.25, 0.3) is 5.91 Å². The molecule has 0 radical (unpaired) electrons. The topological polar surface area (TPSA) is 73.9 Å². The van der Waals surface area contributed by atoms with E-state index in [0.717, 1.165) is 16.9 Å². The summed E-state index contributed by atoms with van der Waals surface area (Å²) in [5.74, 6) is 0.767. The molecule has 6 nitrogen and oxygen atoms in total. The van der Waals surface area contributed by atoms with Gasteiger partial charge in [-0.25, -0.2) is 4.79 Å². The van der Waals surface area contributed by atoms with Crippen molar-refractivity contribution in [3.8, 4) is 11.5 Å². The molecule has 6 heteroatoms. The molecule has 0 spiro atoms. The number of aryl methyl sites for hydroxylation is 1. The molecular formula is C26H27NO5. The highest BCUT2D eigenvalue weighted by Gasteiger charge is 2.13. The molecule has 0 atom stereocenters. The molecule has 3 aromatic rings. The fourth-order valence-corrected chi connectivity index (χ4v) is 3.10. The Morgan fingerprint density at radius 1 is 0.844 bits per heavy atom. The number of ether oxygens (including phenoxy) is 3. The van der Waals surface area contributed by atoms with Gasteiger partial charge in [-0.05, 0) is 80.9 Å². The molecule has 0 aliphatic heterocycles. The zero-order valence-electron chi connectivity index (χ0n) is 18.5. The van der Waals surface area contributed by atoms with E-state index in [1.54, 1.807) is 49.4 Å². The monoisotopic (exact) mass is 433 g/mol. The minimum atomic E-state index is -0.393. The van der Waals surface area contributed by atoms with Gasteiger partial charge in [0.2, 0.25) is 0 Å². The number of hydrogen-bond donors (Lipinski definition) is 1. The third kappa shape index (κ3) is 6.11. The Morgan fingerprint density at radius 2 is 1.59 bits per heavy atom. The molecule has 3 aromatic carbocycles. The first-order valence-corrected chi connectivity index (χ1v) is 10.5. The summed E-state index contributed by atoms with van der Waals surface area (Å²) in [6, 6.07) is 19.6. The predicted octanol–water partition coefficient (Wildman–Crippen LogP) is 5.40. The molecule has 0 aliphatic carbocycles. The van der Waals surface area contributed by atoms with Crippen LogP contribution in [0.1, 0.15) is 45.7 Å². The smallest absolute Gasteiger partial charge is 0.338 e. The standard InChI is InChI=1S/C26H27NO5/c1-4-30-24-14-11-20(16-21(24)17-32-23-8-6-7-18(3)15-23)25(28)27-22-12-9-19(10-13-22)26(29)31-5-2/h6-16H,4-5,17H2,1-3H3,(H,27,28). The first-order chi connectivity index (χ1) is 15.5. The van der Waals surface area contributed by atoms with E-state index >= 15 is 0 Å². The summed E-state index contributed by atoms with van der Waals surface area (Å²) in [6.45, 7) is 6.76. The highest BCUT2D eigenvalue weighted by molar-refractivity contribution is 6.04. The number of nitrogens with one attached hydrogen (secondary N) is 1. The zero-order chi connectivity index (χ0) is 22.9. The second kappa shape index (κ2) is 11.0. The highest BCUT2D eigenvalue weighted by atomic mass is 16.5. The van der Waals surface area contributed by atoms with E-state index in [1.807, 2.05) is 38.1 Å². The van der Waals surface area contributed by atoms with E-state index < -0.39 is 5.97 Å². The third-order valence-corrected chi connectivity index (χ3v) is 4.66. The van der Waals surface area contributed by atoms with Crippen LogP contribution in [-0.4, -0.2) is 25.1 Å². The van der Waals surface area contributed by atoms with E-state index in [2.05, 4.69) is 5.32 Å². The first-order valence-electron chi connectivity index (χ1n) is 10.5. The van der Waals surface area contributed by atoms with Crippen molar-refractivity contribution in [1.29, 1.82) is 0 Å². The van der Waals surface area contributed by atoms with E-state index in [-0.39, 0.29) is 12.5 Å². The molecule has 0 aliphatic rings. The lowest BCUT2D eigenvalue weighted by molar-refractivity contribution is 0.0526. The SMILES string of the molecule is CCOC(=O)c1ccc(NC(=O)c2ccc(OCC)c(COc3cccc(C)c3)c2)cc1. The second-order valence-corrected chi connectivity index (χ2v) is 7.11. The molecule has 32 heavy (non-hydrogen) atoms. The van der Waals surface area contributed by atoms with Crippen LogP contribution in [0.15, 0.2) is 66.7 Å². The molecular weight excluding hydrogens is 406 g/mol. The molecule has 0 bridgehead atoms. The van der Waals surface area contributed by atoms with Crippen LogP contribution in [0.2, 0.25) is 0 Å². The average Bonchev–Trinajstić information content (AvgIpc) is 2.79. The van der Waals surface area contributed by atoms with E-state index in [0.29, 0.717) is 35.8 Å².